The molecule has 0 saturated carbocycles. The number of benzene rings is 2. The van der Waals surface area contributed by atoms with Crippen molar-refractivity contribution in [1.29, 1.82) is 0 Å². The average molecular weight is 475 g/mol. The third-order valence-corrected chi connectivity index (χ3v) is 4.35. The van der Waals surface area contributed by atoms with Crippen LogP contribution < -0.4 is 19.5 Å². The Kier molecular flexibility index (Phi) is 7.46. The van der Waals surface area contributed by atoms with Gasteiger partial charge in [-0.1, -0.05) is 0 Å². The van der Waals surface area contributed by atoms with Crippen LogP contribution in [0.4, 0.5) is 10.1 Å². The molecule has 0 aliphatic carbocycles. The highest BCUT2D eigenvalue weighted by Crippen LogP contribution is 2.32. The fourth-order valence-electron chi connectivity index (χ4n) is 2.16. The van der Waals surface area contributed by atoms with Gasteiger partial charge in [0.1, 0.15) is 6.61 Å². The highest BCUT2D eigenvalue weighted by molar-refractivity contribution is 14.1. The van der Waals surface area contributed by atoms with E-state index in [4.69, 9.17) is 18.9 Å². The molecular formula is C18H19FINO5. The van der Waals surface area contributed by atoms with Gasteiger partial charge in [0.15, 0.2) is 23.1 Å². The number of ether oxygens (including phenoxy) is 4. The van der Waals surface area contributed by atoms with Gasteiger partial charge in [0.25, 0.3) is 5.91 Å². The standard InChI is InChI=1S/C18H19FINO5/c1-23-6-7-26-15-5-4-11(8-13(15)19)21-18(22)12-9-16(24-2)17(25-3)10-14(12)20/h4-5,8-10H,6-7H2,1-3H3,(H,21,22). The minimum Gasteiger partial charge on any atom is -0.493 e. The molecule has 0 heterocycles. The summed E-state index contributed by atoms with van der Waals surface area (Å²) in [5, 5.41) is 2.66. The Labute approximate surface area is 164 Å². The van der Waals surface area contributed by atoms with E-state index >= 15 is 0 Å². The Hall–Kier alpha value is -2.07. The van der Waals surface area contributed by atoms with Crippen LogP contribution in [0.5, 0.6) is 17.2 Å². The maximum absolute atomic E-state index is 14.1. The zero-order valence-corrected chi connectivity index (χ0v) is 16.8. The van der Waals surface area contributed by atoms with Crippen molar-refractivity contribution in [3.8, 4) is 17.2 Å². The zero-order chi connectivity index (χ0) is 19.1. The molecule has 0 radical (unpaired) electrons. The Morgan fingerprint density at radius 1 is 1.04 bits per heavy atom. The van der Waals surface area contributed by atoms with E-state index in [2.05, 4.69) is 5.32 Å². The van der Waals surface area contributed by atoms with Crippen LogP contribution in [0, 0.1) is 9.39 Å². The molecular weight excluding hydrogens is 456 g/mol. The van der Waals surface area contributed by atoms with Crippen LogP contribution in [0.25, 0.3) is 0 Å². The van der Waals surface area contributed by atoms with Crippen LogP contribution in [0.15, 0.2) is 30.3 Å². The van der Waals surface area contributed by atoms with Gasteiger partial charge in [0.05, 0.1) is 26.4 Å². The Morgan fingerprint density at radius 3 is 2.35 bits per heavy atom. The summed E-state index contributed by atoms with van der Waals surface area (Å²) in [6, 6.07) is 7.50. The number of hydrogen-bond acceptors (Lipinski definition) is 5. The van der Waals surface area contributed by atoms with E-state index in [1.54, 1.807) is 18.2 Å². The number of nitrogens with one attached hydrogen (secondary N) is 1. The average Bonchev–Trinajstić information content (AvgIpc) is 2.63. The number of carbonyl (C=O) groups excluding carboxylic acids is 1. The van der Waals surface area contributed by atoms with E-state index < -0.39 is 5.82 Å². The highest BCUT2D eigenvalue weighted by atomic mass is 127. The van der Waals surface area contributed by atoms with Crippen LogP contribution in [0.1, 0.15) is 10.4 Å². The van der Waals surface area contributed by atoms with Gasteiger partial charge < -0.3 is 24.3 Å². The molecule has 1 amide bonds. The van der Waals surface area contributed by atoms with Gasteiger partial charge in [-0.15, -0.1) is 0 Å². The first-order valence-electron chi connectivity index (χ1n) is 7.64. The summed E-state index contributed by atoms with van der Waals surface area (Å²) in [6.45, 7) is 0.596. The Morgan fingerprint density at radius 2 is 1.73 bits per heavy atom. The number of amides is 1. The molecule has 2 aromatic carbocycles. The van der Waals surface area contributed by atoms with Crippen LogP contribution >= 0.6 is 22.6 Å². The molecule has 26 heavy (non-hydrogen) atoms. The Balaban J connectivity index is 2.16. The highest BCUT2D eigenvalue weighted by Gasteiger charge is 2.16. The van der Waals surface area contributed by atoms with Crippen LogP contribution in [0.3, 0.4) is 0 Å². The number of methoxy groups -OCH3 is 3. The van der Waals surface area contributed by atoms with Crippen molar-refractivity contribution in [2.45, 2.75) is 0 Å². The molecule has 0 saturated heterocycles. The fraction of sp³-hybridized carbons (Fsp3) is 0.278. The van der Waals surface area contributed by atoms with Gasteiger partial charge in [-0.05, 0) is 46.9 Å². The van der Waals surface area contributed by atoms with Crippen molar-refractivity contribution in [2.75, 3.05) is 39.9 Å². The lowest BCUT2D eigenvalue weighted by Gasteiger charge is -2.13. The van der Waals surface area contributed by atoms with Gasteiger partial charge in [0.2, 0.25) is 0 Å². The number of hydrogen-bond donors (Lipinski definition) is 1. The maximum Gasteiger partial charge on any atom is 0.256 e. The van der Waals surface area contributed by atoms with Crippen molar-refractivity contribution in [3.63, 3.8) is 0 Å². The lowest BCUT2D eigenvalue weighted by molar-refractivity contribution is 0.102. The molecule has 2 aromatic rings. The number of carbonyl (C=O) groups is 1. The summed E-state index contributed by atoms with van der Waals surface area (Å²) in [6.07, 6.45) is 0. The molecule has 0 aliphatic rings. The van der Waals surface area contributed by atoms with Crippen molar-refractivity contribution < 1.29 is 28.1 Å². The number of halogens is 2. The fourth-order valence-corrected chi connectivity index (χ4v) is 2.84. The third-order valence-electron chi connectivity index (χ3n) is 3.45. The summed E-state index contributed by atoms with van der Waals surface area (Å²) in [5.41, 5.74) is 0.709. The van der Waals surface area contributed by atoms with Gasteiger partial charge in [0, 0.05) is 22.4 Å². The molecule has 0 atom stereocenters. The molecule has 0 bridgehead atoms. The van der Waals surface area contributed by atoms with E-state index in [1.165, 1.54) is 33.5 Å². The monoisotopic (exact) mass is 475 g/mol. The second-order valence-electron chi connectivity index (χ2n) is 5.13. The molecule has 8 heteroatoms. The SMILES string of the molecule is COCCOc1ccc(NC(=O)c2cc(OC)c(OC)cc2I)cc1F. The van der Waals surface area contributed by atoms with Crippen molar-refractivity contribution in [1.82, 2.24) is 0 Å². The molecule has 6 nitrogen and oxygen atoms in total. The lowest BCUT2D eigenvalue weighted by atomic mass is 10.1. The number of anilines is 1. The molecule has 0 aromatic heterocycles. The quantitative estimate of drug-likeness (QED) is 0.466. The second kappa shape index (κ2) is 9.58. The minimum absolute atomic E-state index is 0.0979. The van der Waals surface area contributed by atoms with Crippen molar-refractivity contribution in [2.24, 2.45) is 0 Å². The molecule has 1 N–H and O–H groups in total. The first-order valence-corrected chi connectivity index (χ1v) is 8.72. The van der Waals surface area contributed by atoms with Gasteiger partial charge in [-0.3, -0.25) is 4.79 Å². The van der Waals surface area contributed by atoms with Crippen LogP contribution in [-0.4, -0.2) is 40.5 Å². The zero-order valence-electron chi connectivity index (χ0n) is 14.6. The lowest BCUT2D eigenvalue weighted by Crippen LogP contribution is -2.14. The smallest absolute Gasteiger partial charge is 0.256 e. The van der Waals surface area contributed by atoms with E-state index in [9.17, 15) is 9.18 Å². The summed E-state index contributed by atoms with van der Waals surface area (Å²) in [4.78, 5) is 12.5. The summed E-state index contributed by atoms with van der Waals surface area (Å²) < 4.78 is 35.3. The van der Waals surface area contributed by atoms with Crippen LogP contribution in [0.2, 0.25) is 0 Å². The van der Waals surface area contributed by atoms with Gasteiger partial charge in [-0.25, -0.2) is 4.39 Å². The van der Waals surface area contributed by atoms with E-state index in [-0.39, 0.29) is 18.3 Å². The molecule has 0 fully saturated rings. The summed E-state index contributed by atoms with van der Waals surface area (Å²) in [5.74, 6) is 0.104. The van der Waals surface area contributed by atoms with E-state index in [0.717, 1.165) is 0 Å². The third kappa shape index (κ3) is 4.98. The van der Waals surface area contributed by atoms with Crippen LogP contribution in [-0.2, 0) is 4.74 Å². The molecule has 0 unspecified atom stereocenters. The predicted octanol–water partition coefficient (Wildman–Crippen LogP) is 3.73. The number of rotatable bonds is 8. The largest absolute Gasteiger partial charge is 0.493 e. The first-order chi connectivity index (χ1) is 12.5. The predicted molar refractivity (Wildman–Crippen MR) is 104 cm³/mol. The molecule has 2 rings (SSSR count). The normalized spacial score (nSPS) is 10.3. The topological polar surface area (TPSA) is 66.0 Å². The molecule has 140 valence electrons. The van der Waals surface area contributed by atoms with E-state index in [0.29, 0.717) is 32.9 Å². The summed E-state index contributed by atoms with van der Waals surface area (Å²) >= 11 is 2.03. The summed E-state index contributed by atoms with van der Waals surface area (Å²) in [7, 11) is 4.55. The first kappa shape index (κ1) is 20.2. The second-order valence-corrected chi connectivity index (χ2v) is 6.29. The van der Waals surface area contributed by atoms with Crippen molar-refractivity contribution in [3.05, 3.63) is 45.3 Å². The van der Waals surface area contributed by atoms with Crippen molar-refractivity contribution >= 4 is 34.2 Å². The Bertz CT molecular complexity index is 784. The maximum atomic E-state index is 14.1. The van der Waals surface area contributed by atoms with E-state index in [1.807, 2.05) is 22.6 Å². The van der Waals surface area contributed by atoms with Gasteiger partial charge in [-0.2, -0.15) is 0 Å². The molecule has 0 aliphatic heterocycles. The minimum atomic E-state index is -0.569. The van der Waals surface area contributed by atoms with Gasteiger partial charge >= 0.3 is 0 Å². The molecule has 0 spiro atoms.